The lowest BCUT2D eigenvalue weighted by atomic mass is 9.97. The topological polar surface area (TPSA) is 46.5 Å². The summed E-state index contributed by atoms with van der Waals surface area (Å²) < 4.78 is 4.83. The van der Waals surface area contributed by atoms with Crippen molar-refractivity contribution in [1.29, 1.82) is 0 Å². The zero-order valence-electron chi connectivity index (χ0n) is 8.57. The third kappa shape index (κ3) is 3.88. The molecule has 0 heterocycles. The first-order valence-corrected chi connectivity index (χ1v) is 6.24. The van der Waals surface area contributed by atoms with Crippen LogP contribution in [0.1, 0.15) is 32.6 Å². The van der Waals surface area contributed by atoms with E-state index in [0.29, 0.717) is 12.4 Å². The van der Waals surface area contributed by atoms with Crippen LogP contribution in [0.4, 0.5) is 0 Å². The Balaban J connectivity index is 2.19. The van der Waals surface area contributed by atoms with Crippen LogP contribution < -0.4 is 0 Å². The summed E-state index contributed by atoms with van der Waals surface area (Å²) in [6, 6.07) is 0. The number of aliphatic hydroxyl groups is 1. The van der Waals surface area contributed by atoms with E-state index in [-0.39, 0.29) is 17.3 Å². The van der Waals surface area contributed by atoms with Gasteiger partial charge in [0, 0.05) is 5.25 Å². The van der Waals surface area contributed by atoms with Crippen molar-refractivity contribution in [2.45, 2.75) is 44.0 Å². The number of aliphatic hydroxyl groups excluding tert-OH is 1. The van der Waals surface area contributed by atoms with E-state index in [9.17, 15) is 9.90 Å². The van der Waals surface area contributed by atoms with Gasteiger partial charge >= 0.3 is 5.97 Å². The van der Waals surface area contributed by atoms with E-state index in [2.05, 4.69) is 0 Å². The smallest absolute Gasteiger partial charge is 0.315 e. The van der Waals surface area contributed by atoms with Gasteiger partial charge in [-0.1, -0.05) is 12.8 Å². The summed E-state index contributed by atoms with van der Waals surface area (Å²) in [5, 5.41) is 9.87. The number of thioether (sulfide) groups is 1. The molecule has 1 saturated carbocycles. The molecular weight excluding hydrogens is 200 g/mol. The van der Waals surface area contributed by atoms with Crippen LogP contribution in [0.15, 0.2) is 0 Å². The first-order valence-electron chi connectivity index (χ1n) is 5.19. The average molecular weight is 218 g/mol. The minimum absolute atomic E-state index is 0.171. The number of carbonyl (C=O) groups excluding carboxylic acids is 1. The van der Waals surface area contributed by atoms with Gasteiger partial charge in [-0.25, -0.2) is 0 Å². The average Bonchev–Trinajstić information content (AvgIpc) is 2.17. The Morgan fingerprint density at radius 3 is 2.86 bits per heavy atom. The zero-order chi connectivity index (χ0) is 10.4. The summed E-state index contributed by atoms with van der Waals surface area (Å²) >= 11 is 1.53. The molecule has 0 aromatic rings. The number of hydrogen-bond acceptors (Lipinski definition) is 4. The van der Waals surface area contributed by atoms with E-state index in [1.54, 1.807) is 6.92 Å². The summed E-state index contributed by atoms with van der Waals surface area (Å²) in [4.78, 5) is 11.1. The number of hydrogen-bond donors (Lipinski definition) is 1. The predicted molar refractivity (Wildman–Crippen MR) is 57.4 cm³/mol. The molecule has 82 valence electrons. The molecule has 1 N–H and O–H groups in total. The van der Waals surface area contributed by atoms with Gasteiger partial charge in [-0.15, -0.1) is 11.8 Å². The number of ether oxygens (including phenoxy) is 1. The molecule has 0 saturated heterocycles. The highest BCUT2D eigenvalue weighted by Crippen LogP contribution is 2.28. The summed E-state index contributed by atoms with van der Waals surface area (Å²) in [5.41, 5.74) is 0. The molecule has 2 atom stereocenters. The lowest BCUT2D eigenvalue weighted by Gasteiger charge is -2.26. The summed E-state index contributed by atoms with van der Waals surface area (Å²) in [5.74, 6) is 0.200. The Bertz CT molecular complexity index is 184. The van der Waals surface area contributed by atoms with Crippen LogP contribution in [-0.4, -0.2) is 34.8 Å². The van der Waals surface area contributed by atoms with E-state index < -0.39 is 0 Å². The highest BCUT2D eigenvalue weighted by Gasteiger charge is 2.24. The van der Waals surface area contributed by atoms with E-state index in [4.69, 9.17) is 4.74 Å². The standard InChI is InChI=1S/C10H18O3S/c1-2-13-10(12)7-14-9-6-4-3-5-8(9)11/h8-9,11H,2-7H2,1H3/t8-,9-/m1/s1. The van der Waals surface area contributed by atoms with E-state index >= 15 is 0 Å². The molecule has 0 spiro atoms. The first kappa shape index (κ1) is 11.9. The first-order chi connectivity index (χ1) is 6.74. The van der Waals surface area contributed by atoms with Crippen molar-refractivity contribution in [3.05, 3.63) is 0 Å². The lowest BCUT2D eigenvalue weighted by molar-refractivity contribution is -0.139. The van der Waals surface area contributed by atoms with Gasteiger partial charge in [-0.05, 0) is 19.8 Å². The molecule has 14 heavy (non-hydrogen) atoms. The minimum Gasteiger partial charge on any atom is -0.465 e. The fourth-order valence-electron chi connectivity index (χ4n) is 1.65. The highest BCUT2D eigenvalue weighted by atomic mass is 32.2. The maximum atomic E-state index is 11.1. The van der Waals surface area contributed by atoms with Crippen LogP contribution in [0, 0.1) is 0 Å². The normalized spacial score (nSPS) is 27.3. The largest absolute Gasteiger partial charge is 0.465 e. The van der Waals surface area contributed by atoms with Gasteiger partial charge in [0.15, 0.2) is 0 Å². The second-order valence-corrected chi connectivity index (χ2v) is 4.73. The van der Waals surface area contributed by atoms with Gasteiger partial charge in [0.25, 0.3) is 0 Å². The summed E-state index contributed by atoms with van der Waals surface area (Å²) in [6.45, 7) is 2.24. The Kier molecular flexibility index (Phi) is 5.33. The third-order valence-electron chi connectivity index (χ3n) is 2.39. The Morgan fingerprint density at radius 1 is 1.50 bits per heavy atom. The van der Waals surface area contributed by atoms with Crippen LogP contribution in [0.2, 0.25) is 0 Å². The zero-order valence-corrected chi connectivity index (χ0v) is 9.39. The Labute approximate surface area is 89.2 Å². The molecular formula is C10H18O3S. The molecule has 0 aliphatic heterocycles. The van der Waals surface area contributed by atoms with Crippen LogP contribution in [0.5, 0.6) is 0 Å². The molecule has 0 unspecified atom stereocenters. The number of carbonyl (C=O) groups is 1. The molecule has 1 aliphatic rings. The van der Waals surface area contributed by atoms with Crippen molar-refractivity contribution in [2.24, 2.45) is 0 Å². The predicted octanol–water partition coefficient (Wildman–Crippen LogP) is 1.59. The van der Waals surface area contributed by atoms with E-state index in [1.807, 2.05) is 0 Å². The van der Waals surface area contributed by atoms with Gasteiger partial charge in [0.1, 0.15) is 0 Å². The van der Waals surface area contributed by atoms with Crippen LogP contribution in [0.3, 0.4) is 0 Å². The molecule has 1 fully saturated rings. The van der Waals surface area contributed by atoms with Gasteiger partial charge in [-0.2, -0.15) is 0 Å². The molecule has 0 radical (unpaired) electrons. The van der Waals surface area contributed by atoms with E-state index in [1.165, 1.54) is 11.8 Å². The van der Waals surface area contributed by atoms with Crippen molar-refractivity contribution in [1.82, 2.24) is 0 Å². The van der Waals surface area contributed by atoms with Crippen molar-refractivity contribution in [2.75, 3.05) is 12.4 Å². The second kappa shape index (κ2) is 6.30. The number of rotatable bonds is 4. The molecule has 0 bridgehead atoms. The van der Waals surface area contributed by atoms with E-state index in [0.717, 1.165) is 25.7 Å². The highest BCUT2D eigenvalue weighted by molar-refractivity contribution is 8.00. The fraction of sp³-hybridized carbons (Fsp3) is 0.900. The van der Waals surface area contributed by atoms with Gasteiger partial charge in [0.05, 0.1) is 18.5 Å². The molecule has 1 aliphatic carbocycles. The number of esters is 1. The van der Waals surface area contributed by atoms with Crippen molar-refractivity contribution in [3.63, 3.8) is 0 Å². The van der Waals surface area contributed by atoms with Crippen molar-refractivity contribution >= 4 is 17.7 Å². The van der Waals surface area contributed by atoms with Crippen molar-refractivity contribution < 1.29 is 14.6 Å². The quantitative estimate of drug-likeness (QED) is 0.728. The Morgan fingerprint density at radius 2 is 2.21 bits per heavy atom. The second-order valence-electron chi connectivity index (χ2n) is 3.51. The fourth-order valence-corrected chi connectivity index (χ4v) is 2.77. The summed E-state index contributed by atoms with van der Waals surface area (Å²) in [6.07, 6.45) is 3.93. The van der Waals surface area contributed by atoms with Gasteiger partial charge in [0.2, 0.25) is 0 Å². The molecule has 1 rings (SSSR count). The molecule has 0 aromatic carbocycles. The molecule has 4 heteroatoms. The van der Waals surface area contributed by atoms with Crippen LogP contribution >= 0.6 is 11.8 Å². The Hall–Kier alpha value is -0.220. The maximum absolute atomic E-state index is 11.1. The molecule has 0 amide bonds. The summed E-state index contributed by atoms with van der Waals surface area (Å²) in [7, 11) is 0. The molecule has 3 nitrogen and oxygen atoms in total. The van der Waals surface area contributed by atoms with Gasteiger partial charge in [-0.3, -0.25) is 4.79 Å². The molecule has 0 aromatic heterocycles. The van der Waals surface area contributed by atoms with Crippen LogP contribution in [0.25, 0.3) is 0 Å². The SMILES string of the molecule is CCOC(=O)CS[C@@H]1CCCC[C@H]1O. The van der Waals surface area contributed by atoms with Crippen LogP contribution in [-0.2, 0) is 9.53 Å². The maximum Gasteiger partial charge on any atom is 0.315 e. The lowest BCUT2D eigenvalue weighted by Crippen LogP contribution is -2.28. The van der Waals surface area contributed by atoms with Crippen molar-refractivity contribution in [3.8, 4) is 0 Å². The van der Waals surface area contributed by atoms with Gasteiger partial charge < -0.3 is 9.84 Å². The monoisotopic (exact) mass is 218 g/mol. The third-order valence-corrected chi connectivity index (χ3v) is 3.77. The minimum atomic E-state index is -0.233.